The van der Waals surface area contributed by atoms with E-state index < -0.39 is 12.3 Å². The molecule has 18 heavy (non-hydrogen) atoms. The van der Waals surface area contributed by atoms with Crippen molar-refractivity contribution in [2.24, 2.45) is 0 Å². The molecular formula is C12H13BrO5. The fraction of sp³-hybridized carbons (Fsp3) is 0.333. The maximum absolute atomic E-state index is 11.4. The van der Waals surface area contributed by atoms with Crippen molar-refractivity contribution in [1.82, 2.24) is 0 Å². The lowest BCUT2D eigenvalue weighted by Gasteiger charge is -2.14. The Morgan fingerprint density at radius 3 is 2.28 bits per heavy atom. The number of ether oxygens (including phenoxy) is 3. The number of hydrogen-bond acceptors (Lipinski definition) is 5. The Bertz CT molecular complexity index is 415. The van der Waals surface area contributed by atoms with Crippen LogP contribution in [0.4, 0.5) is 0 Å². The number of ketones is 1. The van der Waals surface area contributed by atoms with Crippen molar-refractivity contribution in [2.45, 2.75) is 6.29 Å². The molecule has 0 amide bonds. The van der Waals surface area contributed by atoms with Crippen molar-refractivity contribution in [1.29, 1.82) is 0 Å². The summed E-state index contributed by atoms with van der Waals surface area (Å²) in [7, 11) is 2.58. The standard InChI is InChI=1S/C12H13BrO5/c1-16-11(15)12(17-2)18-9-5-3-8(4-6-9)10(14)7-13/h3-6,12H,7H2,1-2H3. The van der Waals surface area contributed by atoms with E-state index in [4.69, 9.17) is 9.47 Å². The van der Waals surface area contributed by atoms with Crippen molar-refractivity contribution >= 4 is 27.7 Å². The minimum absolute atomic E-state index is 0.0298. The lowest BCUT2D eigenvalue weighted by atomic mass is 10.1. The number of hydrogen-bond donors (Lipinski definition) is 0. The van der Waals surface area contributed by atoms with Gasteiger partial charge in [-0.1, -0.05) is 15.9 Å². The van der Waals surface area contributed by atoms with Crippen molar-refractivity contribution in [3.05, 3.63) is 29.8 Å². The molecule has 0 aliphatic carbocycles. The van der Waals surface area contributed by atoms with Crippen molar-refractivity contribution in [3.63, 3.8) is 0 Å². The minimum Gasteiger partial charge on any atom is -0.464 e. The number of alkyl halides is 1. The molecule has 6 heteroatoms. The van der Waals surface area contributed by atoms with Crippen molar-refractivity contribution in [3.8, 4) is 5.75 Å². The maximum atomic E-state index is 11.4. The zero-order valence-electron chi connectivity index (χ0n) is 10.0. The highest BCUT2D eigenvalue weighted by Crippen LogP contribution is 2.15. The minimum atomic E-state index is -1.12. The van der Waals surface area contributed by atoms with Gasteiger partial charge in [0.2, 0.25) is 0 Å². The van der Waals surface area contributed by atoms with Crippen LogP contribution in [0.15, 0.2) is 24.3 Å². The number of halogens is 1. The Balaban J connectivity index is 2.73. The topological polar surface area (TPSA) is 61.8 Å². The number of rotatable bonds is 6. The predicted octanol–water partition coefficient (Wildman–Crippen LogP) is 1.79. The Labute approximate surface area is 113 Å². The molecule has 5 nitrogen and oxygen atoms in total. The summed E-state index contributed by atoms with van der Waals surface area (Å²) < 4.78 is 14.6. The second-order valence-corrected chi connectivity index (χ2v) is 3.85. The average molecular weight is 317 g/mol. The SMILES string of the molecule is COC(=O)C(OC)Oc1ccc(C(=O)CBr)cc1. The molecule has 0 aliphatic rings. The molecular weight excluding hydrogens is 304 g/mol. The molecule has 1 aromatic rings. The lowest BCUT2D eigenvalue weighted by molar-refractivity contribution is -0.170. The predicted molar refractivity (Wildman–Crippen MR) is 68.0 cm³/mol. The molecule has 0 radical (unpaired) electrons. The molecule has 0 fully saturated rings. The summed E-state index contributed by atoms with van der Waals surface area (Å²) in [6.07, 6.45) is -1.12. The van der Waals surface area contributed by atoms with Gasteiger partial charge in [0.15, 0.2) is 5.78 Å². The normalized spacial score (nSPS) is 11.7. The van der Waals surface area contributed by atoms with Gasteiger partial charge in [-0.25, -0.2) is 4.79 Å². The summed E-state index contributed by atoms with van der Waals surface area (Å²) in [5.74, 6) is -0.241. The van der Waals surface area contributed by atoms with E-state index >= 15 is 0 Å². The molecule has 1 aromatic carbocycles. The van der Waals surface area contributed by atoms with Crippen LogP contribution >= 0.6 is 15.9 Å². The Morgan fingerprint density at radius 2 is 1.83 bits per heavy atom. The van der Waals surface area contributed by atoms with Crippen LogP contribution in [0.3, 0.4) is 0 Å². The molecule has 1 atom stereocenters. The summed E-state index contributed by atoms with van der Waals surface area (Å²) in [6, 6.07) is 6.40. The summed E-state index contributed by atoms with van der Waals surface area (Å²) in [4.78, 5) is 22.6. The third-order valence-corrected chi connectivity index (χ3v) is 2.66. The van der Waals surface area contributed by atoms with Gasteiger partial charge in [-0.15, -0.1) is 0 Å². The first-order valence-corrected chi connectivity index (χ1v) is 6.21. The van der Waals surface area contributed by atoms with E-state index in [-0.39, 0.29) is 11.1 Å². The number of methoxy groups -OCH3 is 2. The fourth-order valence-electron chi connectivity index (χ4n) is 1.21. The van der Waals surface area contributed by atoms with Gasteiger partial charge in [0.05, 0.1) is 12.4 Å². The Morgan fingerprint density at radius 1 is 1.22 bits per heavy atom. The number of Topliss-reactive ketones (excluding diaryl/α,β-unsaturated/α-hetero) is 1. The van der Waals surface area contributed by atoms with Crippen LogP contribution in [0.1, 0.15) is 10.4 Å². The van der Waals surface area contributed by atoms with Crippen molar-refractivity contribution < 1.29 is 23.8 Å². The van der Waals surface area contributed by atoms with Gasteiger partial charge in [-0.3, -0.25) is 4.79 Å². The average Bonchev–Trinajstić information content (AvgIpc) is 2.43. The van der Waals surface area contributed by atoms with E-state index in [1.165, 1.54) is 14.2 Å². The zero-order valence-corrected chi connectivity index (χ0v) is 11.6. The molecule has 0 saturated heterocycles. The molecule has 0 aliphatic heterocycles. The third kappa shape index (κ3) is 3.82. The third-order valence-electron chi connectivity index (χ3n) is 2.15. The summed E-state index contributed by atoms with van der Waals surface area (Å²) in [6.45, 7) is 0. The van der Waals surface area contributed by atoms with Crippen LogP contribution in [0.2, 0.25) is 0 Å². The van der Waals surface area contributed by atoms with Gasteiger partial charge in [0, 0.05) is 12.7 Å². The quantitative estimate of drug-likeness (QED) is 0.346. The molecule has 0 spiro atoms. The number of benzene rings is 1. The van der Waals surface area contributed by atoms with E-state index in [1.54, 1.807) is 24.3 Å². The highest BCUT2D eigenvalue weighted by molar-refractivity contribution is 9.09. The second-order valence-electron chi connectivity index (χ2n) is 3.29. The first-order chi connectivity index (χ1) is 8.62. The molecule has 0 saturated carbocycles. The molecule has 1 unspecified atom stereocenters. The molecule has 0 bridgehead atoms. The van der Waals surface area contributed by atoms with E-state index in [9.17, 15) is 9.59 Å². The van der Waals surface area contributed by atoms with Gasteiger partial charge in [-0.2, -0.15) is 0 Å². The maximum Gasteiger partial charge on any atom is 0.376 e. The first-order valence-electron chi connectivity index (χ1n) is 5.09. The van der Waals surface area contributed by atoms with Gasteiger partial charge < -0.3 is 14.2 Å². The molecule has 0 aromatic heterocycles. The zero-order chi connectivity index (χ0) is 13.5. The highest BCUT2D eigenvalue weighted by atomic mass is 79.9. The van der Waals surface area contributed by atoms with Crippen LogP contribution in [0.25, 0.3) is 0 Å². The first kappa shape index (κ1) is 14.7. The van der Waals surface area contributed by atoms with E-state index in [2.05, 4.69) is 20.7 Å². The highest BCUT2D eigenvalue weighted by Gasteiger charge is 2.20. The largest absolute Gasteiger partial charge is 0.464 e. The van der Waals surface area contributed by atoms with E-state index in [1.807, 2.05) is 0 Å². The van der Waals surface area contributed by atoms with Gasteiger partial charge >= 0.3 is 5.97 Å². The Hall–Kier alpha value is -1.40. The fourth-order valence-corrected chi connectivity index (χ4v) is 1.53. The van der Waals surface area contributed by atoms with Gasteiger partial charge in [-0.05, 0) is 24.3 Å². The molecule has 0 heterocycles. The van der Waals surface area contributed by atoms with Crippen LogP contribution in [-0.4, -0.2) is 37.6 Å². The smallest absolute Gasteiger partial charge is 0.376 e. The van der Waals surface area contributed by atoms with E-state index in [0.29, 0.717) is 11.3 Å². The number of carbonyl (C=O) groups is 2. The Kier molecular flexibility index (Phi) is 5.80. The van der Waals surface area contributed by atoms with Gasteiger partial charge in [0.25, 0.3) is 6.29 Å². The molecule has 98 valence electrons. The summed E-state index contributed by atoms with van der Waals surface area (Å²) in [5.41, 5.74) is 0.561. The van der Waals surface area contributed by atoms with Crippen molar-refractivity contribution in [2.75, 3.05) is 19.5 Å². The molecule has 1 rings (SSSR count). The number of esters is 1. The summed E-state index contributed by atoms with van der Waals surface area (Å²) in [5, 5.41) is 0.260. The summed E-state index contributed by atoms with van der Waals surface area (Å²) >= 11 is 3.09. The van der Waals surface area contributed by atoms with Crippen LogP contribution in [0, 0.1) is 0 Å². The monoisotopic (exact) mass is 316 g/mol. The lowest BCUT2D eigenvalue weighted by Crippen LogP contribution is -2.30. The second kappa shape index (κ2) is 7.13. The van der Waals surface area contributed by atoms with Crippen LogP contribution < -0.4 is 4.74 Å². The number of carbonyl (C=O) groups excluding carboxylic acids is 2. The molecule has 0 N–H and O–H groups in total. The van der Waals surface area contributed by atoms with E-state index in [0.717, 1.165) is 0 Å². The van der Waals surface area contributed by atoms with Crippen LogP contribution in [-0.2, 0) is 14.3 Å². The van der Waals surface area contributed by atoms with Gasteiger partial charge in [0.1, 0.15) is 5.75 Å². The van der Waals surface area contributed by atoms with Crippen LogP contribution in [0.5, 0.6) is 5.75 Å².